The van der Waals surface area contributed by atoms with Gasteiger partial charge in [0.1, 0.15) is 17.3 Å². The lowest BCUT2D eigenvalue weighted by Crippen LogP contribution is -2.49. The van der Waals surface area contributed by atoms with E-state index in [1.54, 1.807) is 16.6 Å². The Labute approximate surface area is 154 Å². The van der Waals surface area contributed by atoms with Crippen LogP contribution in [0.4, 0.5) is 0 Å². The Kier molecular flexibility index (Phi) is 4.33. The molecule has 0 bridgehead atoms. The minimum Gasteiger partial charge on any atom is -0.336 e. The van der Waals surface area contributed by atoms with Crippen LogP contribution < -0.4 is 5.32 Å². The zero-order valence-electron chi connectivity index (χ0n) is 16.2. The average Bonchev–Trinajstić information content (AvgIpc) is 3.02. The van der Waals surface area contributed by atoms with Gasteiger partial charge in [-0.2, -0.15) is 10.4 Å². The van der Waals surface area contributed by atoms with Crippen molar-refractivity contribution in [2.45, 2.75) is 64.0 Å². The largest absolute Gasteiger partial charge is 0.336 e. The molecule has 1 aromatic heterocycles. The van der Waals surface area contributed by atoms with Crippen LogP contribution in [0.2, 0.25) is 0 Å². The monoisotopic (exact) mass is 357 g/mol. The summed E-state index contributed by atoms with van der Waals surface area (Å²) in [6, 6.07) is 3.46. The molecule has 26 heavy (non-hydrogen) atoms. The Morgan fingerprint density at radius 1 is 1.38 bits per heavy atom. The fourth-order valence-corrected chi connectivity index (χ4v) is 3.41. The number of likely N-dealkylation sites (tertiary alicyclic amines) is 1. The molecule has 2 atom stereocenters. The third-order valence-corrected chi connectivity index (χ3v) is 5.27. The van der Waals surface area contributed by atoms with Gasteiger partial charge in [-0.25, -0.2) is 0 Å². The number of aromatic nitrogens is 2. The van der Waals surface area contributed by atoms with Crippen molar-refractivity contribution in [3.63, 3.8) is 0 Å². The first kappa shape index (κ1) is 18.4. The molecule has 2 fully saturated rings. The van der Waals surface area contributed by atoms with Crippen molar-refractivity contribution in [1.29, 1.82) is 5.26 Å². The third-order valence-electron chi connectivity index (χ3n) is 5.27. The summed E-state index contributed by atoms with van der Waals surface area (Å²) in [5.74, 6) is -0.163. The number of hydrogen-bond donors (Lipinski definition) is 1. The number of aryl methyl sites for hydroxylation is 1. The van der Waals surface area contributed by atoms with Crippen LogP contribution in [0.25, 0.3) is 0 Å². The van der Waals surface area contributed by atoms with Crippen LogP contribution in [0.15, 0.2) is 6.07 Å². The molecule has 0 unspecified atom stereocenters. The normalized spacial score (nSPS) is 24.2. The number of nitrogens with one attached hydrogen (secondary N) is 1. The maximum Gasteiger partial charge on any atom is 0.272 e. The van der Waals surface area contributed by atoms with E-state index in [2.05, 4.69) is 37.3 Å². The SMILES string of the molecule is C[C@H]1C[C@@H](C(=O)NC2(C#N)CC2)N(C(=O)c2cc(C(C)(C)C)nn2C)C1. The molecule has 2 amide bonds. The van der Waals surface area contributed by atoms with Crippen LogP contribution in [0.1, 0.15) is 63.1 Å². The maximum absolute atomic E-state index is 13.1. The first-order valence-electron chi connectivity index (χ1n) is 9.15. The Hall–Kier alpha value is -2.36. The molecule has 3 rings (SSSR count). The fourth-order valence-electron chi connectivity index (χ4n) is 3.41. The highest BCUT2D eigenvalue weighted by molar-refractivity contribution is 5.97. The number of carbonyl (C=O) groups excluding carboxylic acids is 2. The topological polar surface area (TPSA) is 91.0 Å². The highest BCUT2D eigenvalue weighted by Crippen LogP contribution is 2.35. The molecule has 7 nitrogen and oxygen atoms in total. The van der Waals surface area contributed by atoms with Gasteiger partial charge in [0.25, 0.3) is 5.91 Å². The highest BCUT2D eigenvalue weighted by Gasteiger charge is 2.48. The van der Waals surface area contributed by atoms with E-state index in [1.807, 2.05) is 13.0 Å². The number of hydrogen-bond acceptors (Lipinski definition) is 4. The van der Waals surface area contributed by atoms with Crippen LogP contribution in [0, 0.1) is 17.2 Å². The van der Waals surface area contributed by atoms with Gasteiger partial charge in [-0.05, 0) is 31.2 Å². The Balaban J connectivity index is 1.82. The molecule has 7 heteroatoms. The summed E-state index contributed by atoms with van der Waals surface area (Å²) in [5, 5.41) is 16.5. The van der Waals surface area contributed by atoms with Gasteiger partial charge < -0.3 is 10.2 Å². The smallest absolute Gasteiger partial charge is 0.272 e. The molecule has 1 aliphatic carbocycles. The van der Waals surface area contributed by atoms with E-state index in [1.165, 1.54) is 0 Å². The molecule has 0 radical (unpaired) electrons. The van der Waals surface area contributed by atoms with Crippen molar-refractivity contribution in [1.82, 2.24) is 20.0 Å². The molecule has 1 saturated heterocycles. The van der Waals surface area contributed by atoms with E-state index >= 15 is 0 Å². The Morgan fingerprint density at radius 2 is 2.04 bits per heavy atom. The molecule has 0 aromatic carbocycles. The zero-order chi connectivity index (χ0) is 19.3. The first-order chi connectivity index (χ1) is 12.1. The number of nitrogens with zero attached hydrogens (tertiary/aromatic N) is 4. The van der Waals surface area contributed by atoms with Crippen LogP contribution in [0.3, 0.4) is 0 Å². The van der Waals surface area contributed by atoms with Crippen LogP contribution >= 0.6 is 0 Å². The minimum absolute atomic E-state index is 0.156. The minimum atomic E-state index is -0.719. The lowest BCUT2D eigenvalue weighted by Gasteiger charge is -2.24. The van der Waals surface area contributed by atoms with E-state index in [0.29, 0.717) is 31.5 Å². The molecule has 1 N–H and O–H groups in total. The number of rotatable bonds is 3. The predicted molar refractivity (Wildman–Crippen MR) is 96.2 cm³/mol. The van der Waals surface area contributed by atoms with Gasteiger partial charge in [0.15, 0.2) is 0 Å². The second-order valence-electron chi connectivity index (χ2n) is 8.79. The van der Waals surface area contributed by atoms with Crippen molar-refractivity contribution >= 4 is 11.8 Å². The van der Waals surface area contributed by atoms with Crippen molar-refractivity contribution in [3.8, 4) is 6.07 Å². The summed E-state index contributed by atoms with van der Waals surface area (Å²) in [6.07, 6.45) is 1.98. The lowest BCUT2D eigenvalue weighted by molar-refractivity contribution is -0.125. The third kappa shape index (κ3) is 3.33. The molecule has 0 spiro atoms. The Bertz CT molecular complexity index is 779. The summed E-state index contributed by atoms with van der Waals surface area (Å²) < 4.78 is 1.60. The van der Waals surface area contributed by atoms with Gasteiger partial charge in [-0.15, -0.1) is 0 Å². The highest BCUT2D eigenvalue weighted by atomic mass is 16.2. The summed E-state index contributed by atoms with van der Waals surface area (Å²) in [5.41, 5.74) is 0.460. The average molecular weight is 357 g/mol. The van der Waals surface area contributed by atoms with Crippen LogP contribution in [-0.4, -0.2) is 44.6 Å². The number of amides is 2. The van der Waals surface area contributed by atoms with Gasteiger partial charge >= 0.3 is 0 Å². The van der Waals surface area contributed by atoms with Crippen molar-refractivity contribution in [3.05, 3.63) is 17.5 Å². The predicted octanol–water partition coefficient (Wildman–Crippen LogP) is 1.74. The van der Waals surface area contributed by atoms with Crippen molar-refractivity contribution < 1.29 is 9.59 Å². The van der Waals surface area contributed by atoms with E-state index in [9.17, 15) is 14.9 Å². The molecule has 2 aliphatic rings. The summed E-state index contributed by atoms with van der Waals surface area (Å²) in [6.45, 7) is 8.72. The summed E-state index contributed by atoms with van der Waals surface area (Å²) >= 11 is 0. The molecular formula is C19H27N5O2. The van der Waals surface area contributed by atoms with Gasteiger partial charge in [0, 0.05) is 19.0 Å². The van der Waals surface area contributed by atoms with Gasteiger partial charge in [-0.1, -0.05) is 27.7 Å². The molecular weight excluding hydrogens is 330 g/mol. The molecule has 1 aliphatic heterocycles. The van der Waals surface area contributed by atoms with Gasteiger partial charge in [0.05, 0.1) is 11.8 Å². The van der Waals surface area contributed by atoms with E-state index in [-0.39, 0.29) is 23.1 Å². The zero-order valence-corrected chi connectivity index (χ0v) is 16.2. The van der Waals surface area contributed by atoms with Crippen LogP contribution in [-0.2, 0) is 17.3 Å². The molecule has 140 valence electrons. The number of nitriles is 1. The summed E-state index contributed by atoms with van der Waals surface area (Å²) in [7, 11) is 1.76. The van der Waals surface area contributed by atoms with Gasteiger partial charge in [0.2, 0.25) is 5.91 Å². The van der Waals surface area contributed by atoms with Crippen molar-refractivity contribution in [2.24, 2.45) is 13.0 Å². The molecule has 1 aromatic rings. The number of carbonyl (C=O) groups is 2. The fraction of sp³-hybridized carbons (Fsp3) is 0.684. The molecule has 1 saturated carbocycles. The van der Waals surface area contributed by atoms with E-state index in [4.69, 9.17) is 0 Å². The first-order valence-corrected chi connectivity index (χ1v) is 9.15. The van der Waals surface area contributed by atoms with Crippen molar-refractivity contribution in [2.75, 3.05) is 6.54 Å². The quantitative estimate of drug-likeness (QED) is 0.892. The van der Waals surface area contributed by atoms with Crippen LogP contribution in [0.5, 0.6) is 0 Å². The second kappa shape index (κ2) is 6.11. The standard InChI is InChI=1S/C19H27N5O2/c1-12-8-13(16(25)21-19(11-20)6-7-19)24(10-12)17(26)14-9-15(18(2,3)4)22-23(14)5/h9,12-13H,6-8,10H2,1-5H3,(H,21,25)/t12-,13-/m0/s1. The Morgan fingerprint density at radius 3 is 2.54 bits per heavy atom. The van der Waals surface area contributed by atoms with Gasteiger partial charge in [-0.3, -0.25) is 14.3 Å². The molecule has 2 heterocycles. The lowest BCUT2D eigenvalue weighted by atomic mass is 9.92. The van der Waals surface area contributed by atoms with E-state index in [0.717, 1.165) is 5.69 Å². The maximum atomic E-state index is 13.1. The van der Waals surface area contributed by atoms with E-state index < -0.39 is 11.6 Å². The second-order valence-corrected chi connectivity index (χ2v) is 8.79. The summed E-state index contributed by atoms with van der Waals surface area (Å²) in [4.78, 5) is 27.5.